The highest BCUT2D eigenvalue weighted by Crippen LogP contribution is 2.19. The van der Waals surface area contributed by atoms with Crippen LogP contribution >= 0.6 is 0 Å². The van der Waals surface area contributed by atoms with Crippen molar-refractivity contribution < 1.29 is 14.3 Å². The molecular formula is C11H16N4O3. The van der Waals surface area contributed by atoms with Crippen LogP contribution in [-0.2, 0) is 4.79 Å². The van der Waals surface area contributed by atoms with Gasteiger partial charge in [-0.15, -0.1) is 0 Å². The number of pyridine rings is 1. The molecule has 1 aromatic heterocycles. The highest BCUT2D eigenvalue weighted by molar-refractivity contribution is 6.00. The fourth-order valence-corrected chi connectivity index (χ4v) is 1.15. The van der Waals surface area contributed by atoms with E-state index in [2.05, 4.69) is 10.3 Å². The Labute approximate surface area is 105 Å². The first-order chi connectivity index (χ1) is 8.25. The lowest BCUT2D eigenvalue weighted by atomic mass is 10.1. The van der Waals surface area contributed by atoms with Gasteiger partial charge in [-0.1, -0.05) is 0 Å². The Morgan fingerprint density at radius 1 is 1.44 bits per heavy atom. The van der Waals surface area contributed by atoms with Crippen molar-refractivity contribution in [2.75, 3.05) is 12.4 Å². The molecule has 7 heteroatoms. The Morgan fingerprint density at radius 2 is 2.06 bits per heavy atom. The van der Waals surface area contributed by atoms with E-state index in [0.717, 1.165) is 0 Å². The quantitative estimate of drug-likeness (QED) is 0.689. The number of hydrogen-bond donors (Lipinski definition) is 3. The predicted molar refractivity (Wildman–Crippen MR) is 66.2 cm³/mol. The third-order valence-corrected chi connectivity index (χ3v) is 2.15. The number of carbonyl (C=O) groups excluding carboxylic acids is 2. The molecule has 0 aromatic carbocycles. The fourth-order valence-electron chi connectivity index (χ4n) is 1.15. The minimum Gasteiger partial charge on any atom is -0.480 e. The minimum atomic E-state index is -1.03. The number of hydrogen-bond acceptors (Lipinski definition) is 5. The topological polar surface area (TPSA) is 120 Å². The second-order valence-corrected chi connectivity index (χ2v) is 4.32. The third-order valence-electron chi connectivity index (χ3n) is 2.15. The highest BCUT2D eigenvalue weighted by Gasteiger charge is 2.22. The van der Waals surface area contributed by atoms with Crippen LogP contribution in [0.1, 0.15) is 24.2 Å². The van der Waals surface area contributed by atoms with E-state index in [1.54, 1.807) is 13.8 Å². The zero-order valence-electron chi connectivity index (χ0n) is 10.5. The maximum atomic E-state index is 11.7. The number of nitrogens with one attached hydrogen (secondary N) is 1. The summed E-state index contributed by atoms with van der Waals surface area (Å²) < 4.78 is 4.88. The molecule has 1 heterocycles. The SMILES string of the molecule is COc1ncc(NC(=O)C(C)(C)N)cc1C(N)=O. The van der Waals surface area contributed by atoms with Crippen LogP contribution in [0.5, 0.6) is 5.88 Å². The Balaban J connectivity index is 3.03. The van der Waals surface area contributed by atoms with Gasteiger partial charge in [-0.05, 0) is 19.9 Å². The summed E-state index contributed by atoms with van der Waals surface area (Å²) in [6.07, 6.45) is 1.36. The number of ether oxygens (including phenoxy) is 1. The van der Waals surface area contributed by atoms with Crippen LogP contribution in [0.4, 0.5) is 5.69 Å². The van der Waals surface area contributed by atoms with Gasteiger partial charge in [0.15, 0.2) is 0 Å². The van der Waals surface area contributed by atoms with Crippen LogP contribution in [0, 0.1) is 0 Å². The van der Waals surface area contributed by atoms with E-state index in [1.807, 2.05) is 0 Å². The van der Waals surface area contributed by atoms with E-state index in [-0.39, 0.29) is 11.4 Å². The largest absolute Gasteiger partial charge is 0.480 e. The van der Waals surface area contributed by atoms with Gasteiger partial charge in [0.1, 0.15) is 5.56 Å². The molecule has 98 valence electrons. The second-order valence-electron chi connectivity index (χ2n) is 4.32. The number of carbonyl (C=O) groups is 2. The van der Waals surface area contributed by atoms with Gasteiger partial charge in [0.05, 0.1) is 24.5 Å². The Morgan fingerprint density at radius 3 is 2.50 bits per heavy atom. The van der Waals surface area contributed by atoms with Crippen LogP contribution < -0.4 is 21.5 Å². The average molecular weight is 252 g/mol. The number of nitrogens with zero attached hydrogens (tertiary/aromatic N) is 1. The predicted octanol–water partition coefficient (Wildman–Crippen LogP) is -0.135. The Bertz CT molecular complexity index is 480. The standard InChI is InChI=1S/C11H16N4O3/c1-11(2,13)10(17)15-6-4-7(8(12)16)9(18-3)14-5-6/h4-5H,13H2,1-3H3,(H2,12,16)(H,15,17). The average Bonchev–Trinajstić information content (AvgIpc) is 2.27. The number of amides is 2. The minimum absolute atomic E-state index is 0.0881. The molecule has 7 nitrogen and oxygen atoms in total. The van der Waals surface area contributed by atoms with E-state index in [9.17, 15) is 9.59 Å². The zero-order valence-corrected chi connectivity index (χ0v) is 10.5. The van der Waals surface area contributed by atoms with E-state index in [4.69, 9.17) is 16.2 Å². The summed E-state index contributed by atoms with van der Waals surface area (Å²) in [5, 5.41) is 2.54. The highest BCUT2D eigenvalue weighted by atomic mass is 16.5. The normalized spacial score (nSPS) is 10.9. The molecule has 0 unspecified atom stereocenters. The molecule has 0 radical (unpaired) electrons. The molecule has 18 heavy (non-hydrogen) atoms. The molecule has 5 N–H and O–H groups in total. The summed E-state index contributed by atoms with van der Waals surface area (Å²) in [4.78, 5) is 26.7. The van der Waals surface area contributed by atoms with Crippen molar-refractivity contribution in [2.24, 2.45) is 11.5 Å². The number of anilines is 1. The van der Waals surface area contributed by atoms with E-state index in [0.29, 0.717) is 5.69 Å². The first-order valence-electron chi connectivity index (χ1n) is 5.20. The van der Waals surface area contributed by atoms with Gasteiger partial charge >= 0.3 is 0 Å². The van der Waals surface area contributed by atoms with Gasteiger partial charge in [-0.2, -0.15) is 0 Å². The zero-order chi connectivity index (χ0) is 13.9. The molecule has 1 rings (SSSR count). The third kappa shape index (κ3) is 3.17. The maximum absolute atomic E-state index is 11.7. The molecule has 0 fully saturated rings. The van der Waals surface area contributed by atoms with Crippen molar-refractivity contribution in [1.82, 2.24) is 4.98 Å². The summed E-state index contributed by atoms with van der Waals surface area (Å²) in [5.74, 6) is -0.986. The number of primary amides is 1. The maximum Gasteiger partial charge on any atom is 0.254 e. The molecule has 0 saturated carbocycles. The molecule has 0 aliphatic rings. The number of nitrogens with two attached hydrogens (primary N) is 2. The first kappa shape index (κ1) is 13.9. The van der Waals surface area contributed by atoms with Crippen molar-refractivity contribution >= 4 is 17.5 Å². The molecule has 2 amide bonds. The number of rotatable bonds is 4. The Kier molecular flexibility index (Phi) is 3.87. The fraction of sp³-hybridized carbons (Fsp3) is 0.364. The molecule has 0 atom stereocenters. The van der Waals surface area contributed by atoms with E-state index < -0.39 is 17.4 Å². The molecule has 1 aromatic rings. The van der Waals surface area contributed by atoms with Crippen molar-refractivity contribution in [2.45, 2.75) is 19.4 Å². The van der Waals surface area contributed by atoms with Crippen LogP contribution in [0.15, 0.2) is 12.3 Å². The summed E-state index contributed by atoms with van der Waals surface area (Å²) in [6, 6.07) is 1.39. The second kappa shape index (κ2) is 5.01. The monoisotopic (exact) mass is 252 g/mol. The molecule has 0 bridgehead atoms. The summed E-state index contributed by atoms with van der Waals surface area (Å²) >= 11 is 0. The molecular weight excluding hydrogens is 236 g/mol. The van der Waals surface area contributed by atoms with Gasteiger partial charge < -0.3 is 21.5 Å². The van der Waals surface area contributed by atoms with Crippen LogP contribution in [-0.4, -0.2) is 29.4 Å². The van der Waals surface area contributed by atoms with Crippen molar-refractivity contribution in [1.29, 1.82) is 0 Å². The van der Waals surface area contributed by atoms with Gasteiger partial charge in [0.25, 0.3) is 5.91 Å². The van der Waals surface area contributed by atoms with Crippen molar-refractivity contribution in [3.05, 3.63) is 17.8 Å². The lowest BCUT2D eigenvalue weighted by Gasteiger charge is -2.18. The summed E-state index contributed by atoms with van der Waals surface area (Å²) in [6.45, 7) is 3.13. The van der Waals surface area contributed by atoms with Crippen LogP contribution in [0.2, 0.25) is 0 Å². The molecule has 0 saturated heterocycles. The molecule has 0 spiro atoms. The Hall–Kier alpha value is -2.15. The van der Waals surface area contributed by atoms with Gasteiger partial charge in [0.2, 0.25) is 11.8 Å². The number of aromatic nitrogens is 1. The summed E-state index contributed by atoms with van der Waals surface area (Å²) in [5.41, 5.74) is 10.2. The number of methoxy groups -OCH3 is 1. The van der Waals surface area contributed by atoms with E-state index in [1.165, 1.54) is 19.4 Å². The van der Waals surface area contributed by atoms with Crippen molar-refractivity contribution in [3.8, 4) is 5.88 Å². The smallest absolute Gasteiger partial charge is 0.254 e. The first-order valence-corrected chi connectivity index (χ1v) is 5.20. The van der Waals surface area contributed by atoms with Gasteiger partial charge in [-0.25, -0.2) is 4.98 Å². The lowest BCUT2D eigenvalue weighted by Crippen LogP contribution is -2.45. The summed E-state index contributed by atoms with van der Waals surface area (Å²) in [7, 11) is 1.37. The molecule has 0 aliphatic heterocycles. The van der Waals surface area contributed by atoms with E-state index >= 15 is 0 Å². The molecule has 0 aliphatic carbocycles. The van der Waals surface area contributed by atoms with Crippen LogP contribution in [0.25, 0.3) is 0 Å². The van der Waals surface area contributed by atoms with Gasteiger partial charge in [-0.3, -0.25) is 9.59 Å². The van der Waals surface area contributed by atoms with Crippen molar-refractivity contribution in [3.63, 3.8) is 0 Å². The lowest BCUT2D eigenvalue weighted by molar-refractivity contribution is -0.120. The van der Waals surface area contributed by atoms with Crippen LogP contribution in [0.3, 0.4) is 0 Å². The van der Waals surface area contributed by atoms with Gasteiger partial charge in [0, 0.05) is 0 Å².